The summed E-state index contributed by atoms with van der Waals surface area (Å²) in [5.41, 5.74) is 3.44. The van der Waals surface area contributed by atoms with Crippen molar-refractivity contribution in [3.05, 3.63) is 70.8 Å². The SMILES string of the molecule is CC(=O)CC(=O)c1ccc(C)cc1.CC(=O)CC(=O)c1ccc(C)cc1.[Cu]. The second kappa shape index (κ2) is 12.1. The Labute approximate surface area is 170 Å². The van der Waals surface area contributed by atoms with Crippen LogP contribution in [0, 0.1) is 13.8 Å². The molecule has 0 saturated heterocycles. The number of hydrogen-bond acceptors (Lipinski definition) is 4. The maximum atomic E-state index is 11.3. The van der Waals surface area contributed by atoms with Gasteiger partial charge in [0.1, 0.15) is 11.6 Å². The van der Waals surface area contributed by atoms with Gasteiger partial charge in [0.2, 0.25) is 0 Å². The Morgan fingerprint density at radius 1 is 0.593 bits per heavy atom. The van der Waals surface area contributed by atoms with Crippen molar-refractivity contribution in [3.8, 4) is 0 Å². The average Bonchev–Trinajstić information content (AvgIpc) is 2.55. The largest absolute Gasteiger partial charge is 0.300 e. The zero-order valence-corrected chi connectivity index (χ0v) is 16.9. The fraction of sp³-hybridized carbons (Fsp3) is 0.273. The summed E-state index contributed by atoms with van der Waals surface area (Å²) in [5.74, 6) is -0.392. The molecule has 0 amide bonds. The average molecular weight is 416 g/mol. The second-order valence-electron chi connectivity index (χ2n) is 6.34. The van der Waals surface area contributed by atoms with Gasteiger partial charge in [-0.25, -0.2) is 0 Å². The van der Waals surface area contributed by atoms with Crippen LogP contribution < -0.4 is 0 Å². The molecule has 0 aliphatic carbocycles. The van der Waals surface area contributed by atoms with E-state index in [-0.39, 0.29) is 53.0 Å². The summed E-state index contributed by atoms with van der Waals surface area (Å²) >= 11 is 0. The third-order valence-electron chi connectivity index (χ3n) is 3.57. The summed E-state index contributed by atoms with van der Waals surface area (Å²) in [4.78, 5) is 44.0. The zero-order chi connectivity index (χ0) is 19.7. The predicted octanol–water partition coefficient (Wildman–Crippen LogP) is 4.31. The van der Waals surface area contributed by atoms with Crippen LogP contribution in [0.4, 0.5) is 0 Å². The van der Waals surface area contributed by atoms with Crippen molar-refractivity contribution in [2.45, 2.75) is 40.5 Å². The summed E-state index contributed by atoms with van der Waals surface area (Å²) in [6.07, 6.45) is 0.00607. The van der Waals surface area contributed by atoms with Crippen molar-refractivity contribution in [3.63, 3.8) is 0 Å². The molecule has 5 heteroatoms. The molecule has 2 aromatic rings. The second-order valence-corrected chi connectivity index (χ2v) is 6.34. The van der Waals surface area contributed by atoms with Crippen LogP contribution >= 0.6 is 0 Å². The first-order chi connectivity index (χ1) is 12.2. The number of carbonyl (C=O) groups excluding carboxylic acids is 4. The molecule has 1 radical (unpaired) electrons. The minimum atomic E-state index is -0.104. The number of ketones is 4. The van der Waals surface area contributed by atoms with Crippen LogP contribution in [-0.2, 0) is 26.7 Å². The van der Waals surface area contributed by atoms with E-state index in [1.807, 2.05) is 38.1 Å². The molecule has 2 rings (SSSR count). The summed E-state index contributed by atoms with van der Waals surface area (Å²) in [5, 5.41) is 0. The molecule has 0 aromatic heterocycles. The first kappa shape index (κ1) is 24.6. The molecule has 2 aromatic carbocycles. The van der Waals surface area contributed by atoms with Gasteiger partial charge in [0.05, 0.1) is 12.8 Å². The van der Waals surface area contributed by atoms with Crippen LogP contribution in [0.3, 0.4) is 0 Å². The van der Waals surface area contributed by atoms with E-state index < -0.39 is 0 Å². The van der Waals surface area contributed by atoms with Crippen molar-refractivity contribution in [2.75, 3.05) is 0 Å². The van der Waals surface area contributed by atoms with Gasteiger partial charge >= 0.3 is 0 Å². The normalized spacial score (nSPS) is 9.33. The first-order valence-corrected chi connectivity index (χ1v) is 8.37. The smallest absolute Gasteiger partial charge is 0.170 e. The number of rotatable bonds is 6. The number of aryl methyl sites for hydroxylation is 2. The van der Waals surface area contributed by atoms with E-state index in [9.17, 15) is 19.2 Å². The molecule has 0 aliphatic rings. The van der Waals surface area contributed by atoms with Crippen LogP contribution in [-0.4, -0.2) is 23.1 Å². The van der Waals surface area contributed by atoms with Crippen molar-refractivity contribution < 1.29 is 36.2 Å². The number of carbonyl (C=O) groups is 4. The van der Waals surface area contributed by atoms with Crippen LogP contribution in [0.5, 0.6) is 0 Å². The van der Waals surface area contributed by atoms with Gasteiger partial charge < -0.3 is 0 Å². The van der Waals surface area contributed by atoms with Crippen LogP contribution in [0.15, 0.2) is 48.5 Å². The Morgan fingerprint density at radius 3 is 1.07 bits per heavy atom. The topological polar surface area (TPSA) is 68.3 Å². The van der Waals surface area contributed by atoms with Gasteiger partial charge in [0, 0.05) is 28.2 Å². The molecule has 0 fully saturated rings. The minimum absolute atomic E-state index is 0. The molecule has 147 valence electrons. The molecular weight excluding hydrogens is 392 g/mol. The maximum absolute atomic E-state index is 11.3. The summed E-state index contributed by atoms with van der Waals surface area (Å²) < 4.78 is 0. The molecule has 0 heterocycles. The quantitative estimate of drug-likeness (QED) is 0.400. The molecule has 0 N–H and O–H groups in total. The van der Waals surface area contributed by atoms with Gasteiger partial charge in [-0.05, 0) is 27.7 Å². The zero-order valence-electron chi connectivity index (χ0n) is 16.0. The molecule has 0 spiro atoms. The predicted molar refractivity (Wildman–Crippen MR) is 102 cm³/mol. The van der Waals surface area contributed by atoms with E-state index in [0.717, 1.165) is 11.1 Å². The number of Topliss-reactive ketones (excluding diaryl/α,β-unsaturated/α-hetero) is 4. The van der Waals surface area contributed by atoms with E-state index in [0.29, 0.717) is 11.1 Å². The molecule has 4 nitrogen and oxygen atoms in total. The molecule has 0 saturated carbocycles. The van der Waals surface area contributed by atoms with Gasteiger partial charge in [-0.15, -0.1) is 0 Å². The van der Waals surface area contributed by atoms with Crippen LogP contribution in [0.2, 0.25) is 0 Å². The van der Waals surface area contributed by atoms with E-state index in [1.165, 1.54) is 13.8 Å². The van der Waals surface area contributed by atoms with E-state index in [4.69, 9.17) is 0 Å². The van der Waals surface area contributed by atoms with Crippen molar-refractivity contribution >= 4 is 23.1 Å². The Morgan fingerprint density at radius 2 is 0.852 bits per heavy atom. The van der Waals surface area contributed by atoms with Gasteiger partial charge in [-0.3, -0.25) is 19.2 Å². The Balaban J connectivity index is 0.000000483. The molecule has 0 atom stereocenters. The Kier molecular flexibility index (Phi) is 11.0. The monoisotopic (exact) mass is 415 g/mol. The van der Waals surface area contributed by atoms with Crippen molar-refractivity contribution in [1.29, 1.82) is 0 Å². The van der Waals surface area contributed by atoms with Crippen LogP contribution in [0.25, 0.3) is 0 Å². The third-order valence-corrected chi connectivity index (χ3v) is 3.57. The Bertz CT molecular complexity index is 721. The summed E-state index contributed by atoms with van der Waals surface area (Å²) in [6.45, 7) is 6.76. The first-order valence-electron chi connectivity index (χ1n) is 8.37. The maximum Gasteiger partial charge on any atom is 0.170 e. The molecule has 0 aliphatic heterocycles. The van der Waals surface area contributed by atoms with E-state index >= 15 is 0 Å². The van der Waals surface area contributed by atoms with Gasteiger partial charge in [-0.2, -0.15) is 0 Å². The number of hydrogen-bond donors (Lipinski definition) is 0. The molecule has 27 heavy (non-hydrogen) atoms. The minimum Gasteiger partial charge on any atom is -0.300 e. The number of benzene rings is 2. The van der Waals surface area contributed by atoms with E-state index in [2.05, 4.69) is 0 Å². The molecular formula is C22H24CuO4. The fourth-order valence-corrected chi connectivity index (χ4v) is 2.14. The molecule has 0 bridgehead atoms. The van der Waals surface area contributed by atoms with Crippen LogP contribution in [0.1, 0.15) is 58.5 Å². The Hall–Kier alpha value is -2.36. The van der Waals surface area contributed by atoms with Crippen molar-refractivity contribution in [2.24, 2.45) is 0 Å². The summed E-state index contributed by atoms with van der Waals surface area (Å²) in [6, 6.07) is 14.5. The van der Waals surface area contributed by atoms with E-state index in [1.54, 1.807) is 24.3 Å². The summed E-state index contributed by atoms with van der Waals surface area (Å²) in [7, 11) is 0. The third kappa shape index (κ3) is 9.78. The van der Waals surface area contributed by atoms with Gasteiger partial charge in [-0.1, -0.05) is 59.7 Å². The van der Waals surface area contributed by atoms with Crippen molar-refractivity contribution in [1.82, 2.24) is 0 Å². The fourth-order valence-electron chi connectivity index (χ4n) is 2.14. The van der Waals surface area contributed by atoms with Gasteiger partial charge in [0.25, 0.3) is 0 Å². The van der Waals surface area contributed by atoms with Gasteiger partial charge in [0.15, 0.2) is 11.6 Å². The molecule has 0 unspecified atom stereocenters. The standard InChI is InChI=1S/2C11H12O2.Cu/c2*1-8-3-5-10(6-4-8)11(13)7-9(2)12;/h2*3-6H,7H2,1-2H3;.